The number of nitrogens with one attached hydrogen (secondary N) is 1. The molecule has 0 atom stereocenters. The molecule has 0 bridgehead atoms. The lowest BCUT2D eigenvalue weighted by Gasteiger charge is -2.11. The van der Waals surface area contributed by atoms with Crippen molar-refractivity contribution in [3.05, 3.63) is 66.2 Å². The minimum atomic E-state index is 0.763. The van der Waals surface area contributed by atoms with Gasteiger partial charge in [0.2, 0.25) is 0 Å². The largest absolute Gasteiger partial charge is 0.493 e. The predicted octanol–water partition coefficient (Wildman–Crippen LogP) is 4.51. The number of rotatable bonds is 6. The molecular formula is C20H21NO2. The highest BCUT2D eigenvalue weighted by Crippen LogP contribution is 2.27. The lowest BCUT2D eigenvalue weighted by molar-refractivity contribution is 0.354. The lowest BCUT2D eigenvalue weighted by Crippen LogP contribution is -2.05. The van der Waals surface area contributed by atoms with Crippen molar-refractivity contribution in [3.63, 3.8) is 0 Å². The van der Waals surface area contributed by atoms with E-state index in [1.807, 2.05) is 12.1 Å². The number of hydrogen-bond acceptors (Lipinski definition) is 3. The smallest absolute Gasteiger partial charge is 0.160 e. The number of benzene rings is 3. The van der Waals surface area contributed by atoms with Crippen LogP contribution in [-0.4, -0.2) is 20.8 Å². The van der Waals surface area contributed by atoms with Crippen LogP contribution < -0.4 is 14.8 Å². The Morgan fingerprint density at radius 3 is 2.35 bits per heavy atom. The van der Waals surface area contributed by atoms with Gasteiger partial charge in [-0.25, -0.2) is 0 Å². The number of fused-ring (bicyclic) bond motifs is 1. The summed E-state index contributed by atoms with van der Waals surface area (Å²) in [5.41, 5.74) is 2.36. The van der Waals surface area contributed by atoms with Gasteiger partial charge in [0.05, 0.1) is 14.2 Å². The van der Waals surface area contributed by atoms with E-state index in [1.54, 1.807) is 14.2 Å². The van der Waals surface area contributed by atoms with Gasteiger partial charge < -0.3 is 14.8 Å². The van der Waals surface area contributed by atoms with Crippen molar-refractivity contribution < 1.29 is 9.47 Å². The zero-order valence-corrected chi connectivity index (χ0v) is 13.5. The molecule has 3 aromatic carbocycles. The second-order valence-electron chi connectivity index (χ2n) is 5.43. The second-order valence-corrected chi connectivity index (χ2v) is 5.43. The molecule has 0 aliphatic carbocycles. The molecule has 1 N–H and O–H groups in total. The molecule has 0 unspecified atom stereocenters. The summed E-state index contributed by atoms with van der Waals surface area (Å²) in [4.78, 5) is 0. The summed E-state index contributed by atoms with van der Waals surface area (Å²) in [6.07, 6.45) is 0.924. The fourth-order valence-corrected chi connectivity index (χ4v) is 2.69. The monoisotopic (exact) mass is 307 g/mol. The van der Waals surface area contributed by atoms with Gasteiger partial charge >= 0.3 is 0 Å². The zero-order chi connectivity index (χ0) is 16.1. The van der Waals surface area contributed by atoms with Crippen LogP contribution in [0.1, 0.15) is 5.56 Å². The van der Waals surface area contributed by atoms with E-state index in [-0.39, 0.29) is 0 Å². The Balaban J connectivity index is 1.64. The van der Waals surface area contributed by atoms with E-state index in [9.17, 15) is 0 Å². The molecule has 23 heavy (non-hydrogen) atoms. The van der Waals surface area contributed by atoms with Crippen molar-refractivity contribution in [2.45, 2.75) is 6.42 Å². The molecule has 0 saturated carbocycles. The summed E-state index contributed by atoms with van der Waals surface area (Å²) >= 11 is 0. The molecule has 3 heteroatoms. The van der Waals surface area contributed by atoms with Gasteiger partial charge in [-0.1, -0.05) is 36.4 Å². The first-order valence-corrected chi connectivity index (χ1v) is 7.74. The number of ether oxygens (including phenoxy) is 2. The summed E-state index contributed by atoms with van der Waals surface area (Å²) < 4.78 is 10.6. The highest BCUT2D eigenvalue weighted by molar-refractivity contribution is 5.85. The van der Waals surface area contributed by atoms with Gasteiger partial charge in [0, 0.05) is 12.2 Å². The van der Waals surface area contributed by atoms with Crippen LogP contribution in [0.3, 0.4) is 0 Å². The first-order chi connectivity index (χ1) is 11.3. The van der Waals surface area contributed by atoms with Gasteiger partial charge in [0.1, 0.15) is 0 Å². The maximum absolute atomic E-state index is 5.34. The lowest BCUT2D eigenvalue weighted by atomic mass is 10.1. The second kappa shape index (κ2) is 7.05. The molecule has 0 amide bonds. The summed E-state index contributed by atoms with van der Waals surface area (Å²) in [7, 11) is 3.31. The fourth-order valence-electron chi connectivity index (χ4n) is 2.69. The van der Waals surface area contributed by atoms with Crippen molar-refractivity contribution in [2.75, 3.05) is 26.1 Å². The molecule has 0 aliphatic heterocycles. The van der Waals surface area contributed by atoms with Gasteiger partial charge in [-0.05, 0) is 47.0 Å². The quantitative estimate of drug-likeness (QED) is 0.726. The van der Waals surface area contributed by atoms with Crippen LogP contribution in [0.5, 0.6) is 11.5 Å². The molecule has 118 valence electrons. The Morgan fingerprint density at radius 1 is 0.783 bits per heavy atom. The van der Waals surface area contributed by atoms with Gasteiger partial charge in [-0.2, -0.15) is 0 Å². The van der Waals surface area contributed by atoms with Crippen molar-refractivity contribution in [1.29, 1.82) is 0 Å². The van der Waals surface area contributed by atoms with Crippen LogP contribution in [0, 0.1) is 0 Å². The van der Waals surface area contributed by atoms with E-state index in [4.69, 9.17) is 9.47 Å². The van der Waals surface area contributed by atoms with E-state index >= 15 is 0 Å². The SMILES string of the molecule is COc1ccc(CCNc2ccc3ccccc3c2)cc1OC. The molecule has 0 radical (unpaired) electrons. The van der Waals surface area contributed by atoms with Gasteiger partial charge in [0.25, 0.3) is 0 Å². The van der Waals surface area contributed by atoms with Crippen LogP contribution in [0.25, 0.3) is 10.8 Å². The van der Waals surface area contributed by atoms with Crippen LogP contribution in [0.15, 0.2) is 60.7 Å². The Labute approximate surface area is 136 Å². The average Bonchev–Trinajstić information content (AvgIpc) is 2.61. The highest BCUT2D eigenvalue weighted by Gasteiger charge is 2.04. The molecule has 3 rings (SSSR count). The molecule has 0 spiro atoms. The van der Waals surface area contributed by atoms with Crippen LogP contribution >= 0.6 is 0 Å². The summed E-state index contributed by atoms with van der Waals surface area (Å²) in [5, 5.41) is 5.99. The summed E-state index contributed by atoms with van der Waals surface area (Å²) in [6.45, 7) is 0.869. The summed E-state index contributed by atoms with van der Waals surface area (Å²) in [5.74, 6) is 1.54. The highest BCUT2D eigenvalue weighted by atomic mass is 16.5. The van der Waals surface area contributed by atoms with E-state index < -0.39 is 0 Å². The third kappa shape index (κ3) is 3.57. The fraction of sp³-hybridized carbons (Fsp3) is 0.200. The Bertz CT molecular complexity index is 799. The van der Waals surface area contributed by atoms with Gasteiger partial charge in [0.15, 0.2) is 11.5 Å². The topological polar surface area (TPSA) is 30.5 Å². The van der Waals surface area contributed by atoms with Crippen molar-refractivity contribution in [1.82, 2.24) is 0 Å². The van der Waals surface area contributed by atoms with Gasteiger partial charge in [-0.3, -0.25) is 0 Å². The third-order valence-electron chi connectivity index (χ3n) is 3.94. The van der Waals surface area contributed by atoms with Crippen LogP contribution in [-0.2, 0) is 6.42 Å². The normalized spacial score (nSPS) is 10.5. The molecular weight excluding hydrogens is 286 g/mol. The minimum absolute atomic E-state index is 0.763. The van der Waals surface area contributed by atoms with E-state index in [1.165, 1.54) is 16.3 Å². The Morgan fingerprint density at radius 2 is 1.57 bits per heavy atom. The van der Waals surface area contributed by atoms with E-state index in [2.05, 4.69) is 53.8 Å². The molecule has 0 aliphatic rings. The number of hydrogen-bond donors (Lipinski definition) is 1. The molecule has 0 saturated heterocycles. The Hall–Kier alpha value is -2.68. The Kier molecular flexibility index (Phi) is 4.67. The average molecular weight is 307 g/mol. The van der Waals surface area contributed by atoms with Crippen molar-refractivity contribution >= 4 is 16.5 Å². The predicted molar refractivity (Wildman–Crippen MR) is 95.7 cm³/mol. The van der Waals surface area contributed by atoms with E-state index in [0.717, 1.165) is 30.2 Å². The van der Waals surface area contributed by atoms with Crippen LogP contribution in [0.2, 0.25) is 0 Å². The maximum Gasteiger partial charge on any atom is 0.160 e. The first-order valence-electron chi connectivity index (χ1n) is 7.74. The molecule has 0 aromatic heterocycles. The van der Waals surface area contributed by atoms with E-state index in [0.29, 0.717) is 0 Å². The number of anilines is 1. The standard InChI is InChI=1S/C20H21NO2/c1-22-19-10-7-15(13-20(19)23-2)11-12-21-18-9-8-16-5-3-4-6-17(16)14-18/h3-10,13-14,21H,11-12H2,1-2H3. The minimum Gasteiger partial charge on any atom is -0.493 e. The molecule has 3 aromatic rings. The third-order valence-corrected chi connectivity index (χ3v) is 3.94. The maximum atomic E-state index is 5.34. The molecule has 0 fully saturated rings. The zero-order valence-electron chi connectivity index (χ0n) is 13.5. The van der Waals surface area contributed by atoms with Crippen LogP contribution in [0.4, 0.5) is 5.69 Å². The van der Waals surface area contributed by atoms with Crippen molar-refractivity contribution in [3.8, 4) is 11.5 Å². The van der Waals surface area contributed by atoms with Gasteiger partial charge in [-0.15, -0.1) is 0 Å². The number of methoxy groups -OCH3 is 2. The van der Waals surface area contributed by atoms with Crippen molar-refractivity contribution in [2.24, 2.45) is 0 Å². The molecule has 3 nitrogen and oxygen atoms in total. The molecule has 0 heterocycles. The summed E-state index contributed by atoms with van der Waals surface area (Å²) in [6, 6.07) is 20.9. The first kappa shape index (κ1) is 15.2.